The molecule has 0 bridgehead atoms. The molecule has 54 heavy (non-hydrogen) atoms. The number of para-hydroxylation sites is 2. The van der Waals surface area contributed by atoms with Crippen molar-refractivity contribution < 1.29 is 4.42 Å². The maximum absolute atomic E-state index is 6.58. The van der Waals surface area contributed by atoms with Crippen LogP contribution in [0.1, 0.15) is 0 Å². The predicted octanol–water partition coefficient (Wildman–Crippen LogP) is 14.9. The minimum Gasteiger partial charge on any atom is -0.456 e. The van der Waals surface area contributed by atoms with E-state index in [4.69, 9.17) is 4.42 Å². The van der Waals surface area contributed by atoms with Crippen LogP contribution < -0.4 is 4.90 Å². The third-order valence-electron chi connectivity index (χ3n) is 10.5. The van der Waals surface area contributed by atoms with Crippen molar-refractivity contribution in [3.8, 4) is 44.5 Å². The van der Waals surface area contributed by atoms with Crippen molar-refractivity contribution in [2.75, 3.05) is 4.90 Å². The lowest BCUT2D eigenvalue weighted by atomic mass is 9.92. The summed E-state index contributed by atoms with van der Waals surface area (Å²) < 4.78 is 6.58. The number of anilines is 3. The quantitative estimate of drug-likeness (QED) is 0.166. The van der Waals surface area contributed by atoms with Crippen LogP contribution in [-0.4, -0.2) is 0 Å². The molecule has 0 spiro atoms. The molecule has 1 aromatic heterocycles. The molecule has 0 amide bonds. The van der Waals surface area contributed by atoms with E-state index in [1.165, 1.54) is 33.0 Å². The Labute approximate surface area is 314 Å². The fraction of sp³-hybridized carbons (Fsp3) is 0. The smallest absolute Gasteiger partial charge is 0.136 e. The summed E-state index contributed by atoms with van der Waals surface area (Å²) in [6.07, 6.45) is 0. The molecular formula is C52H35NO. The highest BCUT2D eigenvalue weighted by molar-refractivity contribution is 6.16. The number of hydrogen-bond donors (Lipinski definition) is 0. The highest BCUT2D eigenvalue weighted by Crippen LogP contribution is 2.48. The molecule has 0 aliphatic heterocycles. The van der Waals surface area contributed by atoms with E-state index in [9.17, 15) is 0 Å². The highest BCUT2D eigenvalue weighted by atomic mass is 16.3. The molecule has 0 saturated heterocycles. The summed E-state index contributed by atoms with van der Waals surface area (Å²) in [6.45, 7) is 0. The van der Waals surface area contributed by atoms with Crippen molar-refractivity contribution in [3.63, 3.8) is 0 Å². The van der Waals surface area contributed by atoms with Crippen molar-refractivity contribution in [2.45, 2.75) is 0 Å². The normalized spacial score (nSPS) is 11.3. The maximum Gasteiger partial charge on any atom is 0.136 e. The van der Waals surface area contributed by atoms with Gasteiger partial charge in [0, 0.05) is 27.6 Å². The maximum atomic E-state index is 6.58. The topological polar surface area (TPSA) is 16.4 Å². The molecule has 1 heterocycles. The van der Waals surface area contributed by atoms with E-state index in [-0.39, 0.29) is 0 Å². The molecule has 0 saturated carbocycles. The molecule has 0 atom stereocenters. The first kappa shape index (κ1) is 31.6. The fourth-order valence-electron chi connectivity index (χ4n) is 7.97. The van der Waals surface area contributed by atoms with Gasteiger partial charge in [-0.15, -0.1) is 0 Å². The highest BCUT2D eigenvalue weighted by Gasteiger charge is 2.23. The molecule has 2 nitrogen and oxygen atoms in total. The van der Waals surface area contributed by atoms with Crippen molar-refractivity contribution >= 4 is 49.8 Å². The summed E-state index contributed by atoms with van der Waals surface area (Å²) in [5, 5.41) is 4.60. The van der Waals surface area contributed by atoms with Gasteiger partial charge in [0.1, 0.15) is 11.2 Å². The molecule has 0 radical (unpaired) electrons. The lowest BCUT2D eigenvalue weighted by Gasteiger charge is -2.31. The van der Waals surface area contributed by atoms with Crippen molar-refractivity contribution in [3.05, 3.63) is 212 Å². The van der Waals surface area contributed by atoms with E-state index < -0.39 is 0 Å². The number of rotatable bonds is 7. The molecule has 10 aromatic rings. The molecule has 10 rings (SSSR count). The van der Waals surface area contributed by atoms with Crippen LogP contribution in [0.5, 0.6) is 0 Å². The van der Waals surface area contributed by atoms with Gasteiger partial charge in [0.05, 0.1) is 11.4 Å². The molecule has 0 aliphatic carbocycles. The van der Waals surface area contributed by atoms with E-state index >= 15 is 0 Å². The number of nitrogens with zero attached hydrogens (tertiary/aromatic N) is 1. The molecule has 0 fully saturated rings. The van der Waals surface area contributed by atoms with E-state index in [2.05, 4.69) is 217 Å². The zero-order valence-electron chi connectivity index (χ0n) is 29.6. The minimum absolute atomic E-state index is 0.877. The Morgan fingerprint density at radius 1 is 0.315 bits per heavy atom. The molecule has 9 aromatic carbocycles. The first-order valence-electron chi connectivity index (χ1n) is 18.4. The second-order valence-corrected chi connectivity index (χ2v) is 13.7. The van der Waals surface area contributed by atoms with Gasteiger partial charge in [0.15, 0.2) is 0 Å². The van der Waals surface area contributed by atoms with Gasteiger partial charge in [-0.3, -0.25) is 0 Å². The van der Waals surface area contributed by atoms with Gasteiger partial charge in [-0.25, -0.2) is 0 Å². The van der Waals surface area contributed by atoms with Gasteiger partial charge in [-0.05, 0) is 86.6 Å². The first-order chi connectivity index (χ1) is 26.8. The van der Waals surface area contributed by atoms with Gasteiger partial charge in [0.2, 0.25) is 0 Å². The average Bonchev–Trinajstić information content (AvgIpc) is 3.62. The van der Waals surface area contributed by atoms with Crippen LogP contribution in [0.3, 0.4) is 0 Å². The number of benzene rings is 9. The van der Waals surface area contributed by atoms with E-state index in [1.54, 1.807) is 0 Å². The average molecular weight is 690 g/mol. The van der Waals surface area contributed by atoms with E-state index in [1.807, 2.05) is 0 Å². The largest absolute Gasteiger partial charge is 0.456 e. The number of hydrogen-bond acceptors (Lipinski definition) is 2. The van der Waals surface area contributed by atoms with Crippen molar-refractivity contribution in [2.24, 2.45) is 0 Å². The summed E-state index contributed by atoms with van der Waals surface area (Å²) in [7, 11) is 0. The summed E-state index contributed by atoms with van der Waals surface area (Å²) >= 11 is 0. The Kier molecular flexibility index (Phi) is 7.85. The van der Waals surface area contributed by atoms with Gasteiger partial charge < -0.3 is 9.32 Å². The zero-order chi connectivity index (χ0) is 35.8. The van der Waals surface area contributed by atoms with Crippen molar-refractivity contribution in [1.29, 1.82) is 0 Å². The Bertz CT molecular complexity index is 2930. The Hall–Kier alpha value is -7.16. The molecular weight excluding hydrogens is 655 g/mol. The summed E-state index contributed by atoms with van der Waals surface area (Å²) in [4.78, 5) is 2.44. The monoisotopic (exact) mass is 689 g/mol. The number of fused-ring (bicyclic) bond motifs is 4. The Balaban J connectivity index is 1.26. The van der Waals surface area contributed by atoms with E-state index in [0.717, 1.165) is 61.3 Å². The van der Waals surface area contributed by atoms with Crippen LogP contribution in [0, 0.1) is 0 Å². The van der Waals surface area contributed by atoms with Crippen LogP contribution in [0.25, 0.3) is 77.2 Å². The molecule has 0 aliphatic rings. The van der Waals surface area contributed by atoms with Gasteiger partial charge in [0.25, 0.3) is 0 Å². The van der Waals surface area contributed by atoms with E-state index in [0.29, 0.717) is 0 Å². The number of furan rings is 1. The standard InChI is InChI=1S/C52H35NO/c1-4-17-36(18-5-1)42-32-31-41(35-46(42)38-21-8-3-9-22-38)53(48-28-14-12-25-43(48)37-19-6-2-7-20-37)49-29-15-13-26-44(49)45-27-16-30-50-52(45)47-33-39-23-10-11-24-40(39)34-51(47)54-50/h1-35H. The third-order valence-corrected chi connectivity index (χ3v) is 10.5. The molecule has 254 valence electrons. The summed E-state index contributed by atoms with van der Waals surface area (Å²) in [5.41, 5.74) is 14.3. The van der Waals surface area contributed by atoms with Gasteiger partial charge >= 0.3 is 0 Å². The zero-order valence-corrected chi connectivity index (χ0v) is 29.6. The molecule has 0 N–H and O–H groups in total. The Morgan fingerprint density at radius 3 is 1.52 bits per heavy atom. The minimum atomic E-state index is 0.877. The van der Waals surface area contributed by atoms with Crippen LogP contribution in [0.2, 0.25) is 0 Å². The Morgan fingerprint density at radius 2 is 0.833 bits per heavy atom. The van der Waals surface area contributed by atoms with Crippen LogP contribution in [-0.2, 0) is 0 Å². The van der Waals surface area contributed by atoms with Crippen LogP contribution in [0.15, 0.2) is 217 Å². The first-order valence-corrected chi connectivity index (χ1v) is 18.4. The SMILES string of the molecule is c1ccc(-c2ccc(N(c3ccccc3-c3ccccc3)c3ccccc3-c3cccc4oc5cc6ccccc6cc5c34)cc2-c2ccccc2)cc1. The fourth-order valence-corrected chi connectivity index (χ4v) is 7.97. The van der Waals surface area contributed by atoms with Crippen molar-refractivity contribution in [1.82, 2.24) is 0 Å². The van der Waals surface area contributed by atoms with Crippen LogP contribution >= 0.6 is 0 Å². The molecule has 2 heteroatoms. The second kappa shape index (κ2) is 13.4. The van der Waals surface area contributed by atoms with Gasteiger partial charge in [-0.2, -0.15) is 0 Å². The lowest BCUT2D eigenvalue weighted by Crippen LogP contribution is -2.12. The predicted molar refractivity (Wildman–Crippen MR) is 228 cm³/mol. The summed E-state index contributed by atoms with van der Waals surface area (Å²) in [6, 6.07) is 75.9. The third kappa shape index (κ3) is 5.53. The lowest BCUT2D eigenvalue weighted by molar-refractivity contribution is 0.669. The second-order valence-electron chi connectivity index (χ2n) is 13.7. The van der Waals surface area contributed by atoms with Crippen LogP contribution in [0.4, 0.5) is 17.1 Å². The molecule has 0 unspecified atom stereocenters. The summed E-state index contributed by atoms with van der Waals surface area (Å²) in [5.74, 6) is 0. The van der Waals surface area contributed by atoms with Gasteiger partial charge in [-0.1, -0.05) is 170 Å².